The van der Waals surface area contributed by atoms with Gasteiger partial charge in [0.2, 0.25) is 11.3 Å². The van der Waals surface area contributed by atoms with Gasteiger partial charge in [0.1, 0.15) is 0 Å². The number of anilines is 1. The van der Waals surface area contributed by atoms with Crippen LogP contribution in [0.5, 0.6) is 0 Å². The SMILES string of the molecule is C=CC1(C(=O)OC)C(=O)c2cc3ccccc3cc2N1C. The minimum atomic E-state index is -1.48. The highest BCUT2D eigenvalue weighted by Crippen LogP contribution is 2.41. The molecule has 2 aromatic carbocycles. The molecule has 4 nitrogen and oxygen atoms in total. The van der Waals surface area contributed by atoms with Gasteiger partial charge in [-0.25, -0.2) is 4.79 Å². The topological polar surface area (TPSA) is 46.6 Å². The molecule has 1 heterocycles. The molecule has 0 amide bonds. The van der Waals surface area contributed by atoms with Crippen LogP contribution in [0.15, 0.2) is 49.1 Å². The lowest BCUT2D eigenvalue weighted by Gasteiger charge is -2.30. The van der Waals surface area contributed by atoms with Crippen LogP contribution in [0.25, 0.3) is 10.8 Å². The van der Waals surface area contributed by atoms with Crippen LogP contribution < -0.4 is 4.90 Å². The molecule has 21 heavy (non-hydrogen) atoms. The quantitative estimate of drug-likeness (QED) is 0.482. The van der Waals surface area contributed by atoms with Crippen LogP contribution in [0.1, 0.15) is 10.4 Å². The molecule has 1 unspecified atom stereocenters. The van der Waals surface area contributed by atoms with Gasteiger partial charge in [0.25, 0.3) is 0 Å². The van der Waals surface area contributed by atoms with Crippen LogP contribution >= 0.6 is 0 Å². The fourth-order valence-electron chi connectivity index (χ4n) is 2.93. The third-order valence-corrected chi connectivity index (χ3v) is 4.14. The number of nitrogens with zero attached hydrogens (tertiary/aromatic N) is 1. The molecule has 3 rings (SSSR count). The predicted molar refractivity (Wildman–Crippen MR) is 81.6 cm³/mol. The summed E-state index contributed by atoms with van der Waals surface area (Å²) < 4.78 is 4.83. The molecule has 0 spiro atoms. The zero-order valence-electron chi connectivity index (χ0n) is 11.9. The number of hydrogen-bond donors (Lipinski definition) is 0. The molecule has 0 fully saturated rings. The van der Waals surface area contributed by atoms with Crippen molar-refractivity contribution in [3.8, 4) is 0 Å². The highest BCUT2D eigenvalue weighted by Gasteiger charge is 2.54. The maximum atomic E-state index is 12.8. The van der Waals surface area contributed by atoms with Crippen LogP contribution in [0.4, 0.5) is 5.69 Å². The molecule has 1 atom stereocenters. The molecule has 0 radical (unpaired) electrons. The van der Waals surface area contributed by atoms with Gasteiger partial charge in [-0.2, -0.15) is 0 Å². The van der Waals surface area contributed by atoms with Crippen molar-refractivity contribution in [2.24, 2.45) is 0 Å². The Bertz CT molecular complexity index is 781. The summed E-state index contributed by atoms with van der Waals surface area (Å²) in [5.74, 6) is -0.919. The lowest BCUT2D eigenvalue weighted by atomic mass is 9.92. The number of esters is 1. The van der Waals surface area contributed by atoms with E-state index in [1.165, 1.54) is 13.2 Å². The average molecular weight is 281 g/mol. The third kappa shape index (κ3) is 1.56. The van der Waals surface area contributed by atoms with Crippen LogP contribution in [0.2, 0.25) is 0 Å². The predicted octanol–water partition coefficient (Wildman–Crippen LogP) is 2.57. The Kier molecular flexibility index (Phi) is 2.83. The third-order valence-electron chi connectivity index (χ3n) is 4.14. The van der Waals surface area contributed by atoms with E-state index in [0.717, 1.165) is 10.8 Å². The maximum Gasteiger partial charge on any atom is 0.344 e. The number of likely N-dealkylation sites (N-methyl/N-ethyl adjacent to an activating group) is 1. The molecule has 1 aliphatic rings. The van der Waals surface area contributed by atoms with Crippen LogP contribution in [0.3, 0.4) is 0 Å². The van der Waals surface area contributed by atoms with Crippen molar-refractivity contribution in [3.05, 3.63) is 54.6 Å². The first-order valence-electron chi connectivity index (χ1n) is 6.59. The minimum Gasteiger partial charge on any atom is -0.467 e. The Hall–Kier alpha value is -2.62. The Morgan fingerprint density at radius 1 is 1.29 bits per heavy atom. The van der Waals surface area contributed by atoms with E-state index in [0.29, 0.717) is 11.3 Å². The van der Waals surface area contributed by atoms with Gasteiger partial charge in [-0.3, -0.25) is 4.79 Å². The van der Waals surface area contributed by atoms with Crippen molar-refractivity contribution in [2.75, 3.05) is 19.1 Å². The van der Waals surface area contributed by atoms with Crippen LogP contribution in [-0.4, -0.2) is 31.4 Å². The number of rotatable bonds is 2. The van der Waals surface area contributed by atoms with E-state index in [-0.39, 0.29) is 5.78 Å². The molecular weight excluding hydrogens is 266 g/mol. The van der Waals surface area contributed by atoms with E-state index in [2.05, 4.69) is 6.58 Å². The number of carbonyl (C=O) groups is 2. The van der Waals surface area contributed by atoms with Crippen molar-refractivity contribution in [3.63, 3.8) is 0 Å². The van der Waals surface area contributed by atoms with Gasteiger partial charge in [-0.05, 0) is 29.0 Å². The Morgan fingerprint density at radius 3 is 2.48 bits per heavy atom. The molecule has 0 N–H and O–H groups in total. The van der Waals surface area contributed by atoms with Crippen molar-refractivity contribution >= 4 is 28.2 Å². The molecule has 2 aromatic rings. The molecule has 1 aliphatic heterocycles. The summed E-state index contributed by atoms with van der Waals surface area (Å²) in [6, 6.07) is 11.5. The maximum absolute atomic E-state index is 12.8. The second kappa shape index (κ2) is 4.45. The number of hydrogen-bond acceptors (Lipinski definition) is 4. The summed E-state index contributed by atoms with van der Waals surface area (Å²) >= 11 is 0. The van der Waals surface area contributed by atoms with E-state index < -0.39 is 11.5 Å². The normalized spacial score (nSPS) is 20.5. The smallest absolute Gasteiger partial charge is 0.344 e. The van der Waals surface area contributed by atoms with E-state index in [1.54, 1.807) is 11.9 Å². The number of ketones is 1. The van der Waals surface area contributed by atoms with Crippen molar-refractivity contribution in [1.29, 1.82) is 0 Å². The lowest BCUT2D eigenvalue weighted by molar-refractivity contribution is -0.143. The largest absolute Gasteiger partial charge is 0.467 e. The van der Waals surface area contributed by atoms with Crippen molar-refractivity contribution < 1.29 is 14.3 Å². The molecule has 4 heteroatoms. The molecule has 0 aromatic heterocycles. The zero-order valence-corrected chi connectivity index (χ0v) is 11.9. The summed E-state index contributed by atoms with van der Waals surface area (Å²) in [5.41, 5.74) is -0.250. The summed E-state index contributed by atoms with van der Waals surface area (Å²) in [6.45, 7) is 3.67. The second-order valence-corrected chi connectivity index (χ2v) is 5.07. The van der Waals surface area contributed by atoms with Crippen LogP contribution in [0, 0.1) is 0 Å². The number of Topliss-reactive ketones (excluding diaryl/α,β-unsaturated/α-hetero) is 1. The Labute approximate surface area is 122 Å². The van der Waals surface area contributed by atoms with Crippen molar-refractivity contribution in [1.82, 2.24) is 0 Å². The average Bonchev–Trinajstić information content (AvgIpc) is 2.73. The molecule has 0 saturated heterocycles. The molecule has 0 bridgehead atoms. The first-order chi connectivity index (χ1) is 10.1. The van der Waals surface area contributed by atoms with E-state index in [4.69, 9.17) is 4.74 Å². The summed E-state index contributed by atoms with van der Waals surface area (Å²) in [4.78, 5) is 26.6. The molecule has 106 valence electrons. The molecular formula is C17H15NO3. The summed E-state index contributed by atoms with van der Waals surface area (Å²) in [5, 5.41) is 1.98. The van der Waals surface area contributed by atoms with Crippen LogP contribution in [-0.2, 0) is 9.53 Å². The number of fused-ring (bicyclic) bond motifs is 2. The Balaban J connectivity index is 2.29. The van der Waals surface area contributed by atoms with Gasteiger partial charge in [0, 0.05) is 18.3 Å². The van der Waals surface area contributed by atoms with E-state index in [1.807, 2.05) is 36.4 Å². The molecule has 0 aliphatic carbocycles. The summed E-state index contributed by atoms with van der Waals surface area (Å²) in [6.07, 6.45) is 1.35. The fraction of sp³-hybridized carbons (Fsp3) is 0.176. The van der Waals surface area contributed by atoms with Gasteiger partial charge in [0.05, 0.1) is 7.11 Å². The van der Waals surface area contributed by atoms with E-state index >= 15 is 0 Å². The van der Waals surface area contributed by atoms with Gasteiger partial charge in [-0.15, -0.1) is 0 Å². The summed E-state index contributed by atoms with van der Waals surface area (Å²) in [7, 11) is 2.98. The van der Waals surface area contributed by atoms with Gasteiger partial charge in [-0.1, -0.05) is 30.8 Å². The first-order valence-corrected chi connectivity index (χ1v) is 6.59. The highest BCUT2D eigenvalue weighted by molar-refractivity contribution is 6.27. The van der Waals surface area contributed by atoms with Gasteiger partial charge >= 0.3 is 5.97 Å². The number of methoxy groups -OCH3 is 1. The standard InChI is InChI=1S/C17H15NO3/c1-4-17(16(20)21-3)15(19)13-9-11-7-5-6-8-12(11)10-14(13)18(17)2/h4-10H,1H2,2-3H3. The number of benzene rings is 2. The van der Waals surface area contributed by atoms with Gasteiger partial charge < -0.3 is 9.64 Å². The second-order valence-electron chi connectivity index (χ2n) is 5.07. The Morgan fingerprint density at radius 2 is 1.90 bits per heavy atom. The fourth-order valence-corrected chi connectivity index (χ4v) is 2.93. The first kappa shape index (κ1) is 13.4. The van der Waals surface area contributed by atoms with Crippen molar-refractivity contribution in [2.45, 2.75) is 5.54 Å². The monoisotopic (exact) mass is 281 g/mol. The lowest BCUT2D eigenvalue weighted by Crippen LogP contribution is -2.54. The molecule has 0 saturated carbocycles. The highest BCUT2D eigenvalue weighted by atomic mass is 16.5. The number of ether oxygens (including phenoxy) is 1. The van der Waals surface area contributed by atoms with Gasteiger partial charge in [0.15, 0.2) is 0 Å². The zero-order chi connectivity index (χ0) is 15.2. The number of carbonyl (C=O) groups excluding carboxylic acids is 2. The van der Waals surface area contributed by atoms with E-state index in [9.17, 15) is 9.59 Å². The minimum absolute atomic E-state index is 0.299.